The van der Waals surface area contributed by atoms with E-state index in [4.69, 9.17) is 24.3 Å². The minimum Gasteiger partial charge on any atom is -0.387 e. The van der Waals surface area contributed by atoms with Gasteiger partial charge in [0.1, 0.15) is 23.4 Å². The molecular formula is C44H49N6O9PS. The van der Waals surface area contributed by atoms with Gasteiger partial charge in [0.05, 0.1) is 31.6 Å². The normalized spacial score (nSPS) is 20.4. The molecule has 6 N–H and O–H groups in total. The maximum absolute atomic E-state index is 14.3. The number of thioether (sulfide) groups is 1. The van der Waals surface area contributed by atoms with E-state index >= 15 is 0 Å². The van der Waals surface area contributed by atoms with Gasteiger partial charge in [0, 0.05) is 12.3 Å². The molecule has 2 unspecified atom stereocenters. The molecular weight excluding hydrogens is 820 g/mol. The molecule has 0 bridgehead atoms. The standard InChI is InChI=1S/C44H49N6O9PS/c1-42(2,28-56-44(31-18-10-5-11-19-31,32-20-12-6-13-21-32)33-22-14-7-15-23-33)40(53)61-25-24-57-60(55,47-26-30-16-8-4-9-17-30)58-27-34-36(51)43(3,54)39(59-34)50-29-46-35-37(50)48-41(45)49-38(35)52/h4-23,29,34,36,39,51,54H,24-28H2,1-3H3,(H,47,55)(H3,45,48,49,52)/t34-,36+,39?,43+,60?/m1/s1. The Labute approximate surface area is 357 Å². The number of hydrogen-bond donors (Lipinski definition) is 5. The molecule has 0 amide bonds. The lowest BCUT2D eigenvalue weighted by Gasteiger charge is -2.38. The Bertz CT molecular complexity index is 2410. The zero-order valence-corrected chi connectivity index (χ0v) is 35.6. The number of aliphatic hydroxyl groups is 2. The Hall–Kier alpha value is -5.00. The number of nitrogen functional groups attached to an aromatic ring is 1. The lowest BCUT2D eigenvalue weighted by Crippen LogP contribution is -2.44. The topological polar surface area (TPSA) is 213 Å². The van der Waals surface area contributed by atoms with Crippen molar-refractivity contribution in [3.05, 3.63) is 160 Å². The van der Waals surface area contributed by atoms with Crippen molar-refractivity contribution in [3.63, 3.8) is 0 Å². The van der Waals surface area contributed by atoms with Crippen molar-refractivity contribution in [2.75, 3.05) is 31.3 Å². The smallest absolute Gasteiger partial charge is 0.387 e. The van der Waals surface area contributed by atoms with Gasteiger partial charge in [-0.1, -0.05) is 133 Å². The quantitative estimate of drug-likeness (QED) is 0.0385. The van der Waals surface area contributed by atoms with E-state index in [1.54, 1.807) is 0 Å². The molecule has 15 nitrogen and oxygen atoms in total. The highest BCUT2D eigenvalue weighted by molar-refractivity contribution is 8.13. The first kappa shape index (κ1) is 44.1. The lowest BCUT2D eigenvalue weighted by atomic mass is 9.79. The molecule has 2 aromatic heterocycles. The van der Waals surface area contributed by atoms with Gasteiger partial charge in [-0.15, -0.1) is 0 Å². The van der Waals surface area contributed by atoms with E-state index in [0.717, 1.165) is 34.0 Å². The van der Waals surface area contributed by atoms with Crippen molar-refractivity contribution in [2.24, 2.45) is 5.41 Å². The van der Waals surface area contributed by atoms with Gasteiger partial charge in [-0.2, -0.15) is 4.98 Å². The summed E-state index contributed by atoms with van der Waals surface area (Å²) in [6.45, 7) is 4.56. The number of carbonyl (C=O) groups excluding carboxylic acids is 1. The lowest BCUT2D eigenvalue weighted by molar-refractivity contribution is -0.124. The second-order valence-corrected chi connectivity index (χ2v) is 18.4. The highest BCUT2D eigenvalue weighted by Crippen LogP contribution is 2.47. The molecule has 0 radical (unpaired) electrons. The number of nitrogens with two attached hydrogens (primary N) is 1. The van der Waals surface area contributed by atoms with Gasteiger partial charge < -0.3 is 25.4 Å². The highest BCUT2D eigenvalue weighted by Gasteiger charge is 2.54. The summed E-state index contributed by atoms with van der Waals surface area (Å²) in [6, 6.07) is 39.0. The zero-order valence-electron chi connectivity index (χ0n) is 33.9. The van der Waals surface area contributed by atoms with Crippen molar-refractivity contribution in [3.8, 4) is 0 Å². The summed E-state index contributed by atoms with van der Waals surface area (Å²) >= 11 is 1.03. The Morgan fingerprint density at radius 3 is 2.08 bits per heavy atom. The van der Waals surface area contributed by atoms with Crippen LogP contribution in [0.2, 0.25) is 0 Å². The van der Waals surface area contributed by atoms with E-state index in [0.29, 0.717) is 0 Å². The summed E-state index contributed by atoms with van der Waals surface area (Å²) in [5, 5.41) is 25.3. The molecule has 3 heterocycles. The predicted molar refractivity (Wildman–Crippen MR) is 232 cm³/mol. The van der Waals surface area contributed by atoms with Gasteiger partial charge in [0.15, 0.2) is 22.5 Å². The first-order valence-corrected chi connectivity index (χ1v) is 22.2. The van der Waals surface area contributed by atoms with E-state index in [9.17, 15) is 24.4 Å². The summed E-state index contributed by atoms with van der Waals surface area (Å²) in [7, 11) is -4.14. The molecule has 0 aliphatic carbocycles. The molecule has 61 heavy (non-hydrogen) atoms. The summed E-state index contributed by atoms with van der Waals surface area (Å²) in [4.78, 5) is 36.8. The Morgan fingerprint density at radius 2 is 1.51 bits per heavy atom. The van der Waals surface area contributed by atoms with Crippen molar-refractivity contribution < 1.29 is 38.1 Å². The second-order valence-electron chi connectivity index (χ2n) is 15.5. The number of aromatic amines is 1. The van der Waals surface area contributed by atoms with Crippen molar-refractivity contribution in [1.82, 2.24) is 24.6 Å². The molecule has 320 valence electrons. The van der Waals surface area contributed by atoms with Crippen LogP contribution in [0.3, 0.4) is 0 Å². The summed E-state index contributed by atoms with van der Waals surface area (Å²) in [5.41, 5.74) is 4.80. The zero-order chi connectivity index (χ0) is 43.3. The second kappa shape index (κ2) is 18.5. The Balaban J connectivity index is 1.02. The summed E-state index contributed by atoms with van der Waals surface area (Å²) in [6.07, 6.45) is -2.78. The molecule has 17 heteroatoms. The molecule has 7 rings (SSSR count). The van der Waals surface area contributed by atoms with E-state index in [2.05, 4.69) is 20.0 Å². The number of benzene rings is 4. The summed E-state index contributed by atoms with van der Waals surface area (Å²) in [5.74, 6) is -0.0422. The fourth-order valence-electron chi connectivity index (χ4n) is 7.18. The van der Waals surface area contributed by atoms with Gasteiger partial charge in [-0.05, 0) is 43.0 Å². The number of fused-ring (bicyclic) bond motifs is 1. The number of anilines is 1. The van der Waals surface area contributed by atoms with Crippen molar-refractivity contribution in [1.29, 1.82) is 0 Å². The molecule has 6 aromatic rings. The Morgan fingerprint density at radius 1 is 0.951 bits per heavy atom. The van der Waals surface area contributed by atoms with Crippen LogP contribution in [0.15, 0.2) is 132 Å². The average molecular weight is 869 g/mol. The maximum Gasteiger partial charge on any atom is 0.405 e. The largest absolute Gasteiger partial charge is 0.405 e. The first-order valence-electron chi connectivity index (χ1n) is 19.7. The maximum atomic E-state index is 14.3. The van der Waals surface area contributed by atoms with Gasteiger partial charge in [-0.3, -0.25) is 28.2 Å². The van der Waals surface area contributed by atoms with Crippen LogP contribution in [0.5, 0.6) is 0 Å². The van der Waals surface area contributed by atoms with Crippen LogP contribution in [-0.2, 0) is 40.0 Å². The SMILES string of the molecule is CC(C)(COC(c1ccccc1)(c1ccccc1)c1ccccc1)C(=O)SCCOP(=O)(NCc1ccccc1)OC[C@H]1OC(n2cnc3c(=O)[nH]c(N)nc32)[C@@](C)(O)[C@H]1O. The monoisotopic (exact) mass is 868 g/mol. The van der Waals surface area contributed by atoms with Crippen LogP contribution in [0, 0.1) is 5.41 Å². The highest BCUT2D eigenvalue weighted by atomic mass is 32.2. The molecule has 1 aliphatic heterocycles. The van der Waals surface area contributed by atoms with Crippen LogP contribution in [0.4, 0.5) is 5.95 Å². The number of imidazole rings is 1. The number of H-pyrrole nitrogens is 1. The van der Waals surface area contributed by atoms with E-state index < -0.39 is 55.0 Å². The van der Waals surface area contributed by atoms with Gasteiger partial charge in [-0.25, -0.2) is 14.6 Å². The molecule has 4 aromatic carbocycles. The number of ether oxygens (including phenoxy) is 2. The molecule has 0 spiro atoms. The van der Waals surface area contributed by atoms with Crippen molar-refractivity contribution >= 4 is 41.7 Å². The minimum atomic E-state index is -4.14. The average Bonchev–Trinajstić information content (AvgIpc) is 3.79. The minimum absolute atomic E-state index is 0.0310. The van der Waals surface area contributed by atoms with Crippen LogP contribution in [0.25, 0.3) is 11.2 Å². The third-order valence-corrected chi connectivity index (χ3v) is 13.2. The number of nitrogens with zero attached hydrogens (tertiary/aromatic N) is 3. The first-order chi connectivity index (χ1) is 29.2. The third kappa shape index (κ3) is 9.58. The van der Waals surface area contributed by atoms with Gasteiger partial charge in [0.2, 0.25) is 5.95 Å². The predicted octanol–water partition coefficient (Wildman–Crippen LogP) is 5.94. The van der Waals surface area contributed by atoms with E-state index in [-0.39, 0.29) is 47.7 Å². The molecule has 0 saturated carbocycles. The van der Waals surface area contributed by atoms with E-state index in [1.807, 2.05) is 135 Å². The molecule has 5 atom stereocenters. The number of hydrogen-bond acceptors (Lipinski definition) is 13. The number of rotatable bonds is 18. The molecule has 1 aliphatic rings. The number of carbonyl (C=O) groups is 1. The number of nitrogens with one attached hydrogen (secondary N) is 2. The van der Waals surface area contributed by atoms with Crippen LogP contribution in [-0.4, -0.2) is 78.2 Å². The van der Waals surface area contributed by atoms with Crippen LogP contribution < -0.4 is 16.4 Å². The van der Waals surface area contributed by atoms with Crippen LogP contribution >= 0.6 is 19.5 Å². The van der Waals surface area contributed by atoms with Gasteiger partial charge >= 0.3 is 7.75 Å². The number of aromatic nitrogens is 4. The van der Waals surface area contributed by atoms with E-state index in [1.165, 1.54) is 17.8 Å². The molecule has 1 saturated heterocycles. The van der Waals surface area contributed by atoms with Gasteiger partial charge in [0.25, 0.3) is 5.56 Å². The van der Waals surface area contributed by atoms with Crippen molar-refractivity contribution in [2.45, 2.75) is 57.0 Å². The summed E-state index contributed by atoms with van der Waals surface area (Å²) < 4.78 is 40.3. The van der Waals surface area contributed by atoms with Crippen LogP contribution in [0.1, 0.15) is 49.3 Å². The Kier molecular flexibility index (Phi) is 13.4. The number of aliphatic hydroxyl groups excluding tert-OH is 1. The fraction of sp³-hybridized carbons (Fsp3) is 0.318. The molecule has 1 fully saturated rings. The third-order valence-electron chi connectivity index (χ3n) is 10.5. The fourth-order valence-corrected chi connectivity index (χ4v) is 9.41.